The summed E-state index contributed by atoms with van der Waals surface area (Å²) in [6, 6.07) is 28.4. The molecule has 0 saturated carbocycles. The van der Waals surface area contributed by atoms with Crippen molar-refractivity contribution in [3.05, 3.63) is 101 Å². The third-order valence-corrected chi connectivity index (χ3v) is 5.20. The van der Waals surface area contributed by atoms with Gasteiger partial charge in [0.2, 0.25) is 0 Å². The first-order valence-electron chi connectivity index (χ1n) is 8.79. The van der Waals surface area contributed by atoms with Gasteiger partial charge < -0.3 is 29.6 Å². The van der Waals surface area contributed by atoms with Crippen molar-refractivity contribution in [2.45, 2.75) is 5.01 Å². The van der Waals surface area contributed by atoms with Crippen LogP contribution in [0.3, 0.4) is 0 Å². The molecule has 0 N–H and O–H groups in total. The maximum Gasteiger partial charge on any atom is -0.0771 e. The van der Waals surface area contributed by atoms with Crippen LogP contribution in [0.2, 0.25) is 0 Å². The number of hydrogen-bond donors (Lipinski definition) is 0. The molecule has 6 rings (SSSR count). The van der Waals surface area contributed by atoms with Crippen molar-refractivity contribution in [2.24, 2.45) is 0 Å². The molecule has 1 aliphatic heterocycles. The zero-order valence-corrected chi connectivity index (χ0v) is 22.0. The Morgan fingerprint density at radius 1 is 0.900 bits per heavy atom. The van der Waals surface area contributed by atoms with Gasteiger partial charge in [-0.1, -0.05) is 42.5 Å². The van der Waals surface area contributed by atoms with Crippen LogP contribution in [0.25, 0.3) is 33.4 Å². The van der Waals surface area contributed by atoms with Crippen molar-refractivity contribution in [1.82, 2.24) is 0 Å². The van der Waals surface area contributed by atoms with Gasteiger partial charge in [-0.05, 0) is 27.6 Å². The first kappa shape index (κ1) is 25.2. The topological polar surface area (TPSA) is 9.23 Å². The van der Waals surface area contributed by atoms with Gasteiger partial charge in [0, 0.05) is 0 Å². The van der Waals surface area contributed by atoms with Gasteiger partial charge in [-0.2, -0.15) is 0 Å². The number of rotatable bonds is 0. The van der Waals surface area contributed by atoms with E-state index in [9.17, 15) is 0 Å². The Hall–Kier alpha value is -1.03. The van der Waals surface area contributed by atoms with Gasteiger partial charge in [0.05, 0.1) is 5.76 Å². The molecule has 1 aliphatic carbocycles. The molecule has 30 heavy (non-hydrogen) atoms. The average molecular weight is 593 g/mol. The minimum absolute atomic E-state index is 0. The Bertz CT molecular complexity index is 1270. The van der Waals surface area contributed by atoms with Crippen molar-refractivity contribution in [1.29, 1.82) is 0 Å². The van der Waals surface area contributed by atoms with Gasteiger partial charge in [0.1, 0.15) is 0 Å². The fourth-order valence-electron chi connectivity index (χ4n) is 3.59. The molecule has 0 saturated heterocycles. The van der Waals surface area contributed by atoms with E-state index >= 15 is 0 Å². The Labute approximate surface area is 214 Å². The maximum absolute atomic E-state index is 5.59. The summed E-state index contributed by atoms with van der Waals surface area (Å²) in [5, 5.41) is 7.69. The minimum atomic E-state index is 0. The first-order valence-corrected chi connectivity index (χ1v) is 13.1. The standard InChI is InChI=1S/C13H9.C11H6BrO.2ClH.S.Zr/c1-3-7-12-10(5-1)9-11-6-2-4-8-13(11)12;12-10-6-8-5-7-3-1-2-4-9(7)11(8)13-10;;;;/h1-9H;1-3,5-6,10H;2*1H;;/q2*-1;;;;+2/p-2. The van der Waals surface area contributed by atoms with Crippen LogP contribution in [0.5, 0.6) is 0 Å². The van der Waals surface area contributed by atoms with E-state index in [4.69, 9.17) is 4.74 Å². The van der Waals surface area contributed by atoms with Crippen molar-refractivity contribution < 1.29 is 52.2 Å². The quantitative estimate of drug-likeness (QED) is 0.200. The minimum Gasteiger partial charge on any atom is -0.126 e. The summed E-state index contributed by atoms with van der Waals surface area (Å²) in [4.78, 5) is 0. The van der Waals surface area contributed by atoms with Crippen molar-refractivity contribution in [3.8, 4) is 0 Å². The smallest absolute Gasteiger partial charge is 0.0771 e. The van der Waals surface area contributed by atoms with E-state index in [-0.39, 0.29) is 29.8 Å². The van der Waals surface area contributed by atoms with Crippen molar-refractivity contribution in [2.75, 3.05) is 0 Å². The number of ether oxygens (including phenoxy) is 1. The second-order valence-electron chi connectivity index (χ2n) is 6.38. The predicted molar refractivity (Wildman–Crippen MR) is 119 cm³/mol. The molecule has 0 radical (unpaired) electrons. The number of hydrogen-bond acceptors (Lipinski definition) is 2. The van der Waals surface area contributed by atoms with E-state index in [1.165, 1.54) is 32.3 Å². The van der Waals surface area contributed by atoms with Crippen LogP contribution in [0.15, 0.2) is 84.4 Å². The molecule has 6 heteroatoms. The Morgan fingerprint density at radius 2 is 1.50 bits per heavy atom. The van der Waals surface area contributed by atoms with Gasteiger partial charge in [-0.3, -0.25) is 0 Å². The molecule has 1 unspecified atom stereocenters. The molecule has 0 bridgehead atoms. The molecular weight excluding hydrogens is 578 g/mol. The molecule has 0 spiro atoms. The molecule has 4 aromatic rings. The van der Waals surface area contributed by atoms with Gasteiger partial charge >= 0.3 is 31.5 Å². The van der Waals surface area contributed by atoms with E-state index in [1.807, 2.05) is 12.1 Å². The van der Waals surface area contributed by atoms with Crippen LogP contribution in [0.1, 0.15) is 0 Å². The number of halogens is 3. The molecule has 1 nitrogen and oxygen atoms in total. The van der Waals surface area contributed by atoms with Crippen LogP contribution in [-0.2, 0) is 27.4 Å². The van der Waals surface area contributed by atoms with Crippen LogP contribution in [-0.4, -0.2) is 5.01 Å². The maximum atomic E-state index is 5.59. The van der Waals surface area contributed by atoms with E-state index in [2.05, 4.69) is 104 Å². The Balaban J connectivity index is 0.000000186. The average Bonchev–Trinajstić information content (AvgIpc) is 3.40. The van der Waals surface area contributed by atoms with E-state index in [0.717, 1.165) is 33.7 Å². The monoisotopic (exact) mass is 590 g/mol. The second kappa shape index (κ2) is 11.6. The molecule has 0 fully saturated rings. The third-order valence-electron chi connectivity index (χ3n) is 4.75. The fourth-order valence-corrected chi connectivity index (χ4v) is 4.06. The molecule has 150 valence electrons. The van der Waals surface area contributed by atoms with E-state index in [0.29, 0.717) is 0 Å². The summed E-state index contributed by atoms with van der Waals surface area (Å²) in [6.07, 6.45) is 4.19. The fraction of sp³-hybridized carbons (Fsp3) is 0.0417. The third kappa shape index (κ3) is 5.06. The number of alkyl halides is 1. The number of fused-ring (bicyclic) bond motifs is 5. The van der Waals surface area contributed by atoms with E-state index < -0.39 is 0 Å². The van der Waals surface area contributed by atoms with Crippen LogP contribution in [0.4, 0.5) is 0 Å². The summed E-state index contributed by atoms with van der Waals surface area (Å²) in [6.45, 7) is 0. The van der Waals surface area contributed by atoms with E-state index in [1.54, 1.807) is 0 Å². The Kier molecular flexibility index (Phi) is 9.72. The molecule has 2 aliphatic rings. The van der Waals surface area contributed by atoms with Gasteiger partial charge in [0.25, 0.3) is 0 Å². The summed E-state index contributed by atoms with van der Waals surface area (Å²) >= 11 is 4.53. The summed E-state index contributed by atoms with van der Waals surface area (Å²) < 4.78 is 5.59. The normalized spacial score (nSPS) is 15.0. The summed E-state index contributed by atoms with van der Waals surface area (Å²) in [5.41, 5.74) is 1.17. The second-order valence-corrected chi connectivity index (χ2v) is 7.29. The van der Waals surface area contributed by atoms with Crippen LogP contribution >= 0.6 is 24.8 Å². The van der Waals surface area contributed by atoms with Crippen LogP contribution in [0, 0.1) is 6.07 Å². The van der Waals surface area contributed by atoms with Gasteiger partial charge in [0.15, 0.2) is 5.01 Å². The van der Waals surface area contributed by atoms with Crippen LogP contribution < -0.4 is 35.3 Å². The predicted octanol–water partition coefficient (Wildman–Crippen LogP) is -0.568. The summed E-state index contributed by atoms with van der Waals surface area (Å²) in [5.74, 6) is 0.956. The molecular formula is C24H15BrCl2OSZr-2. The Morgan fingerprint density at radius 3 is 2.13 bits per heavy atom. The van der Waals surface area contributed by atoms with Gasteiger partial charge in [-0.15, -0.1) is 74.4 Å². The molecule has 1 heterocycles. The molecule has 0 amide bonds. The first-order chi connectivity index (χ1) is 13.8. The molecule has 0 aromatic heterocycles. The SMILES string of the molecule is BrC1C=C2C=c3ccc[c-]c3=C2O1.[Cl-].[Cl-].[S]=[Zr+2].c1ccc2c(c1)[cH-]c1ccccc12. The number of benzene rings is 3. The molecule has 4 aromatic carbocycles. The largest absolute Gasteiger partial charge is 0.126 e. The van der Waals surface area contributed by atoms with Gasteiger partial charge in [-0.25, -0.2) is 0 Å². The molecule has 1 atom stereocenters. The zero-order valence-electron chi connectivity index (χ0n) is 15.6. The summed E-state index contributed by atoms with van der Waals surface area (Å²) in [7, 11) is 4.17. The van der Waals surface area contributed by atoms with Crippen molar-refractivity contribution >= 4 is 58.2 Å². The van der Waals surface area contributed by atoms with Crippen molar-refractivity contribution in [3.63, 3.8) is 0 Å². The zero-order chi connectivity index (χ0) is 19.5.